The monoisotopic (exact) mass is 379 g/mol. The number of nitrogens with zero attached hydrogens (tertiary/aromatic N) is 5. The molecular weight excluding hydrogens is 356 g/mol. The zero-order chi connectivity index (χ0) is 19.2. The van der Waals surface area contributed by atoms with Crippen LogP contribution < -0.4 is 0 Å². The third-order valence-corrected chi connectivity index (χ3v) is 6.00. The molecule has 4 rings (SSSR count). The predicted molar refractivity (Wildman–Crippen MR) is 92.5 cm³/mol. The summed E-state index contributed by atoms with van der Waals surface area (Å²) in [6, 6.07) is 3.87. The van der Waals surface area contributed by atoms with Gasteiger partial charge in [0.2, 0.25) is 5.91 Å². The summed E-state index contributed by atoms with van der Waals surface area (Å²) in [6.45, 7) is 3.10. The Morgan fingerprint density at radius 3 is 2.59 bits per heavy atom. The summed E-state index contributed by atoms with van der Waals surface area (Å²) < 4.78 is 32.9. The fourth-order valence-corrected chi connectivity index (χ4v) is 4.16. The zero-order valence-electron chi connectivity index (χ0n) is 15.4. The van der Waals surface area contributed by atoms with Crippen LogP contribution in [0.1, 0.15) is 43.1 Å². The Balaban J connectivity index is 1.36. The third-order valence-electron chi connectivity index (χ3n) is 6.00. The second kappa shape index (κ2) is 6.78. The minimum atomic E-state index is -2.56. The van der Waals surface area contributed by atoms with Crippen molar-refractivity contribution in [3.8, 4) is 0 Å². The van der Waals surface area contributed by atoms with Crippen LogP contribution in [0.15, 0.2) is 12.1 Å². The summed E-state index contributed by atoms with van der Waals surface area (Å²) in [5.41, 5.74) is 0.251. The number of piperidine rings is 1. The van der Waals surface area contributed by atoms with Crippen LogP contribution in [0.4, 0.5) is 8.78 Å². The molecule has 2 aliphatic rings. The van der Waals surface area contributed by atoms with Crippen LogP contribution in [-0.4, -0.2) is 62.8 Å². The molecule has 9 heteroatoms. The molecule has 0 aromatic carbocycles. The number of fused-ring (bicyclic) bond motifs is 1. The number of hydrogen-bond donors (Lipinski definition) is 0. The molecule has 1 saturated heterocycles. The van der Waals surface area contributed by atoms with Gasteiger partial charge in [-0.05, 0) is 44.7 Å². The van der Waals surface area contributed by atoms with E-state index in [0.29, 0.717) is 13.1 Å². The molecule has 0 N–H and O–H groups in total. The average molecular weight is 379 g/mol. The highest BCUT2D eigenvalue weighted by Gasteiger charge is 2.55. The van der Waals surface area contributed by atoms with Crippen molar-refractivity contribution >= 4 is 11.6 Å². The molecule has 0 radical (unpaired) electrons. The van der Waals surface area contributed by atoms with Gasteiger partial charge in [-0.3, -0.25) is 4.79 Å². The van der Waals surface area contributed by atoms with Gasteiger partial charge < -0.3 is 9.64 Å². The van der Waals surface area contributed by atoms with Crippen LogP contribution >= 0.6 is 0 Å². The number of likely N-dealkylation sites (tertiary alicyclic amines) is 1. The van der Waals surface area contributed by atoms with E-state index in [2.05, 4.69) is 15.3 Å². The molecule has 0 bridgehead atoms. The largest absolute Gasteiger partial charge is 0.372 e. The number of hydrogen-bond acceptors (Lipinski definition) is 5. The van der Waals surface area contributed by atoms with Crippen LogP contribution in [0, 0.1) is 12.8 Å². The molecule has 0 atom stereocenters. The lowest BCUT2D eigenvalue weighted by Crippen LogP contribution is -2.56. The molecule has 1 saturated carbocycles. The summed E-state index contributed by atoms with van der Waals surface area (Å²) in [4.78, 5) is 14.4. The van der Waals surface area contributed by atoms with Gasteiger partial charge in [0.1, 0.15) is 5.60 Å². The quantitative estimate of drug-likeness (QED) is 0.814. The van der Waals surface area contributed by atoms with Crippen molar-refractivity contribution in [2.24, 2.45) is 5.92 Å². The Bertz CT molecular complexity index is 841. The van der Waals surface area contributed by atoms with E-state index in [1.54, 1.807) is 9.42 Å². The average Bonchev–Trinajstić information content (AvgIpc) is 3.01. The Kier molecular flexibility index (Phi) is 4.57. The van der Waals surface area contributed by atoms with Gasteiger partial charge in [0.05, 0.1) is 5.69 Å². The van der Waals surface area contributed by atoms with E-state index in [1.165, 1.54) is 7.11 Å². The fourth-order valence-electron chi connectivity index (χ4n) is 4.16. The van der Waals surface area contributed by atoms with Crippen molar-refractivity contribution in [2.75, 3.05) is 20.2 Å². The van der Waals surface area contributed by atoms with Crippen LogP contribution in [0.5, 0.6) is 0 Å². The molecule has 146 valence electrons. The first-order valence-electron chi connectivity index (χ1n) is 9.24. The van der Waals surface area contributed by atoms with Crippen molar-refractivity contribution in [3.05, 3.63) is 23.7 Å². The number of aryl methyl sites for hydroxylation is 1. The van der Waals surface area contributed by atoms with Crippen LogP contribution in [-0.2, 0) is 9.53 Å². The Hall–Kier alpha value is -2.16. The summed E-state index contributed by atoms with van der Waals surface area (Å²) in [5.74, 6) is 0.621. The lowest BCUT2D eigenvalue weighted by Gasteiger charge is -2.47. The summed E-state index contributed by atoms with van der Waals surface area (Å²) in [5, 5.41) is 12.7. The first-order valence-corrected chi connectivity index (χ1v) is 9.24. The summed E-state index contributed by atoms with van der Waals surface area (Å²) in [7, 11) is 1.29. The maximum atomic E-state index is 13.1. The molecule has 1 amide bonds. The maximum absolute atomic E-state index is 13.1. The number of methoxy groups -OCH3 is 1. The standard InChI is InChI=1S/C18H23F2N5O2/c1-11-21-22-15-4-3-14(23-25(11)15)12-5-7-24(8-6-12)16(26)13-9-18(10-13,27-2)17(19)20/h3-4,12-13,17H,5-10H2,1-2H3. The summed E-state index contributed by atoms with van der Waals surface area (Å²) in [6.07, 6.45) is -0.736. The molecule has 2 aromatic rings. The molecule has 27 heavy (non-hydrogen) atoms. The smallest absolute Gasteiger partial charge is 0.267 e. The SMILES string of the molecule is COC1(C(F)F)CC(C(=O)N2CCC(c3ccc4nnc(C)n4n3)CC2)C1. The number of ether oxygens (including phenoxy) is 1. The van der Waals surface area contributed by atoms with Crippen LogP contribution in [0.25, 0.3) is 5.65 Å². The van der Waals surface area contributed by atoms with E-state index < -0.39 is 12.0 Å². The number of alkyl halides is 2. The van der Waals surface area contributed by atoms with E-state index >= 15 is 0 Å². The molecule has 7 nitrogen and oxygen atoms in total. The van der Waals surface area contributed by atoms with Gasteiger partial charge in [-0.15, -0.1) is 10.2 Å². The highest BCUT2D eigenvalue weighted by molar-refractivity contribution is 5.80. The van der Waals surface area contributed by atoms with E-state index in [-0.39, 0.29) is 30.6 Å². The predicted octanol–water partition coefficient (Wildman–Crippen LogP) is 2.20. The number of aromatic nitrogens is 4. The van der Waals surface area contributed by atoms with Crippen molar-refractivity contribution in [3.63, 3.8) is 0 Å². The molecule has 0 unspecified atom stereocenters. The lowest BCUT2D eigenvalue weighted by molar-refractivity contribution is -0.196. The first kappa shape index (κ1) is 18.2. The minimum Gasteiger partial charge on any atom is -0.372 e. The maximum Gasteiger partial charge on any atom is 0.267 e. The van der Waals surface area contributed by atoms with Gasteiger partial charge in [-0.2, -0.15) is 9.61 Å². The van der Waals surface area contributed by atoms with Gasteiger partial charge in [0, 0.05) is 32.0 Å². The summed E-state index contributed by atoms with van der Waals surface area (Å²) >= 11 is 0. The molecule has 0 spiro atoms. The van der Waals surface area contributed by atoms with Crippen LogP contribution in [0.2, 0.25) is 0 Å². The zero-order valence-corrected chi connectivity index (χ0v) is 15.4. The van der Waals surface area contributed by atoms with Crippen molar-refractivity contribution in [1.29, 1.82) is 0 Å². The van der Waals surface area contributed by atoms with Gasteiger partial charge in [0.25, 0.3) is 6.43 Å². The van der Waals surface area contributed by atoms with Crippen LogP contribution in [0.3, 0.4) is 0 Å². The van der Waals surface area contributed by atoms with Crippen molar-refractivity contribution in [1.82, 2.24) is 24.7 Å². The van der Waals surface area contributed by atoms with E-state index in [4.69, 9.17) is 4.74 Å². The molecular formula is C18H23F2N5O2. The molecule has 2 fully saturated rings. The Labute approximate surface area is 155 Å². The second-order valence-corrected chi connectivity index (χ2v) is 7.55. The molecule has 1 aliphatic carbocycles. The topological polar surface area (TPSA) is 72.6 Å². The lowest BCUT2D eigenvalue weighted by atomic mass is 9.70. The van der Waals surface area contributed by atoms with Crippen molar-refractivity contribution < 1.29 is 18.3 Å². The number of halogens is 2. The van der Waals surface area contributed by atoms with E-state index in [9.17, 15) is 13.6 Å². The first-order chi connectivity index (χ1) is 12.9. The van der Waals surface area contributed by atoms with Gasteiger partial charge in [0.15, 0.2) is 11.5 Å². The van der Waals surface area contributed by atoms with Gasteiger partial charge in [-0.1, -0.05) is 0 Å². The molecule has 3 heterocycles. The Morgan fingerprint density at radius 1 is 1.26 bits per heavy atom. The molecule has 2 aromatic heterocycles. The van der Waals surface area contributed by atoms with Gasteiger partial charge >= 0.3 is 0 Å². The fraction of sp³-hybridized carbons (Fsp3) is 0.667. The number of carbonyl (C=O) groups excluding carboxylic acids is 1. The molecule has 1 aliphatic heterocycles. The number of amides is 1. The van der Waals surface area contributed by atoms with Crippen molar-refractivity contribution in [2.45, 2.75) is 50.6 Å². The number of carbonyl (C=O) groups is 1. The third kappa shape index (κ3) is 3.07. The van der Waals surface area contributed by atoms with Gasteiger partial charge in [-0.25, -0.2) is 8.78 Å². The Morgan fingerprint density at radius 2 is 1.96 bits per heavy atom. The number of rotatable bonds is 4. The van der Waals surface area contributed by atoms with E-state index in [1.807, 2.05) is 19.1 Å². The second-order valence-electron chi connectivity index (χ2n) is 7.55. The van der Waals surface area contributed by atoms with E-state index in [0.717, 1.165) is 30.0 Å². The highest BCUT2D eigenvalue weighted by Crippen LogP contribution is 2.46. The minimum absolute atomic E-state index is 0.0279. The highest BCUT2D eigenvalue weighted by atomic mass is 19.3. The normalized spacial score (nSPS) is 26.6.